The van der Waals surface area contributed by atoms with Crippen molar-refractivity contribution in [3.63, 3.8) is 0 Å². The van der Waals surface area contributed by atoms with Crippen LogP contribution in [0.5, 0.6) is 17.2 Å². The predicted molar refractivity (Wildman–Crippen MR) is 213 cm³/mol. The van der Waals surface area contributed by atoms with E-state index in [1.165, 1.54) is 18.1 Å². The zero-order chi connectivity index (χ0) is 40.5. The molecule has 8 bridgehead atoms. The Hall–Kier alpha value is -6.04. The summed E-state index contributed by atoms with van der Waals surface area (Å²) in [7, 11) is 1.49. The molecule has 0 radical (unpaired) electrons. The summed E-state index contributed by atoms with van der Waals surface area (Å²) in [5.41, 5.74) is 4.35. The van der Waals surface area contributed by atoms with Gasteiger partial charge in [0, 0.05) is 30.3 Å². The number of ether oxygens (including phenoxy) is 5. The van der Waals surface area contributed by atoms with E-state index in [1.807, 2.05) is 12.1 Å². The van der Waals surface area contributed by atoms with Gasteiger partial charge < -0.3 is 43.9 Å². The smallest absolute Gasteiger partial charge is 0.254 e. The molecule has 6 atom stereocenters. The van der Waals surface area contributed by atoms with Gasteiger partial charge in [-0.15, -0.1) is 0 Å². The monoisotopic (exact) mass is 796 g/mol. The normalized spacial score (nSPS) is 27.4. The number of methoxy groups -OCH3 is 1. The number of hydrogen-bond acceptors (Lipinski definition) is 12. The molecule has 5 heterocycles. The Labute approximate surface area is 338 Å². The van der Waals surface area contributed by atoms with Gasteiger partial charge in [-0.05, 0) is 77.3 Å². The predicted octanol–water partition coefficient (Wildman–Crippen LogP) is 4.59. The van der Waals surface area contributed by atoms with Crippen LogP contribution in [0.3, 0.4) is 0 Å². The molecule has 1 saturated heterocycles. The number of Topliss-reactive ketones (excluding diaryl/α,β-unsaturated/α-hetero) is 1. The Bertz CT molecular complexity index is 2570. The van der Waals surface area contributed by atoms with E-state index in [0.29, 0.717) is 44.7 Å². The molecule has 13 heteroatoms. The molecular weight excluding hydrogens is 757 g/mol. The van der Waals surface area contributed by atoms with Crippen LogP contribution in [-0.4, -0.2) is 101 Å². The number of phenols is 1. The van der Waals surface area contributed by atoms with Crippen molar-refractivity contribution in [1.29, 1.82) is 0 Å². The van der Waals surface area contributed by atoms with Crippen molar-refractivity contribution < 1.29 is 53.4 Å². The standard InChI is InChI=1S/C46H40N2O11/c1-55-35-18-25-17-28(23-7-2-3-8-23)39-33(50)21-48-20-30-24(9-4-11-26(30)45(48)54)10-6-16-56-44-40(51)36-22-57-34(29-19-47-31-12-5-13-32(49)38(29)31)15-14-27(35)43(37(25)41(39)52)59-46(58-36)42(44)53/h4-5,9,11-15,17-19,23,34,36,40,42,44,46,51-53H,2-3,7-8,10,20-22H2,1H3/t34-,36+,40-,42-,44+,46-/m1/s1. The number of allylic oxidation sites excluding steroid dienone is 4. The first kappa shape index (κ1) is 37.2. The Kier molecular flexibility index (Phi) is 9.25. The molecule has 7 aliphatic rings. The zero-order valence-electron chi connectivity index (χ0n) is 32.1. The number of carbonyl (C=O) groups is 3. The van der Waals surface area contributed by atoms with E-state index in [1.54, 1.807) is 48.7 Å². The number of fused-ring (bicyclic) bond motifs is 5. The fourth-order valence-corrected chi connectivity index (χ4v) is 9.43. The molecule has 2 fully saturated rings. The maximum absolute atomic E-state index is 14.7. The number of carbonyl (C=O) groups excluding carboxylic acids is 3. The second-order valence-corrected chi connectivity index (χ2v) is 15.8. The third kappa shape index (κ3) is 6.17. The van der Waals surface area contributed by atoms with Crippen LogP contribution in [0.4, 0.5) is 0 Å². The highest BCUT2D eigenvalue weighted by molar-refractivity contribution is 6.15. The van der Waals surface area contributed by atoms with Gasteiger partial charge in [0.25, 0.3) is 5.91 Å². The average molecular weight is 797 g/mol. The molecule has 13 nitrogen and oxygen atoms in total. The van der Waals surface area contributed by atoms with Crippen LogP contribution in [0.15, 0.2) is 76.5 Å². The van der Waals surface area contributed by atoms with Crippen LogP contribution < -0.4 is 9.47 Å². The summed E-state index contributed by atoms with van der Waals surface area (Å²) in [5.74, 6) is 1.94. The van der Waals surface area contributed by atoms with Crippen LogP contribution in [0.1, 0.15) is 74.6 Å². The van der Waals surface area contributed by atoms with E-state index >= 15 is 0 Å². The number of amides is 1. The Balaban J connectivity index is 1.21. The van der Waals surface area contributed by atoms with Gasteiger partial charge >= 0.3 is 0 Å². The molecule has 5 aliphatic heterocycles. The zero-order valence-corrected chi connectivity index (χ0v) is 32.1. The summed E-state index contributed by atoms with van der Waals surface area (Å²) in [4.78, 5) is 47.6. The number of hydrogen-bond donors (Lipinski definition) is 3. The summed E-state index contributed by atoms with van der Waals surface area (Å²) >= 11 is 0. The van der Waals surface area contributed by atoms with Gasteiger partial charge in [-0.2, -0.15) is 0 Å². The van der Waals surface area contributed by atoms with Gasteiger partial charge in [0.2, 0.25) is 6.29 Å². The lowest BCUT2D eigenvalue weighted by Gasteiger charge is -2.41. The number of aliphatic hydroxyl groups is 2. The first-order valence-corrected chi connectivity index (χ1v) is 19.9. The highest BCUT2D eigenvalue weighted by Crippen LogP contribution is 2.49. The number of benzene rings is 3. The summed E-state index contributed by atoms with van der Waals surface area (Å²) in [6, 6.07) is 8.97. The van der Waals surface area contributed by atoms with Crippen LogP contribution >= 0.6 is 0 Å². The van der Waals surface area contributed by atoms with E-state index in [-0.39, 0.29) is 66.2 Å². The van der Waals surface area contributed by atoms with Crippen molar-refractivity contribution in [3.05, 3.63) is 105 Å². The highest BCUT2D eigenvalue weighted by Gasteiger charge is 2.49. The molecule has 3 N–H and O–H groups in total. The first-order chi connectivity index (χ1) is 28.7. The molecule has 300 valence electrons. The van der Waals surface area contributed by atoms with Crippen LogP contribution in [0.25, 0.3) is 16.8 Å². The van der Waals surface area contributed by atoms with Crippen molar-refractivity contribution >= 4 is 40.5 Å². The van der Waals surface area contributed by atoms with E-state index < -0.39 is 42.6 Å². The first-order valence-electron chi connectivity index (χ1n) is 19.9. The maximum Gasteiger partial charge on any atom is 0.254 e. The molecule has 2 aliphatic carbocycles. The van der Waals surface area contributed by atoms with Crippen LogP contribution in [0.2, 0.25) is 0 Å². The van der Waals surface area contributed by atoms with Gasteiger partial charge in [0.15, 0.2) is 23.8 Å². The number of aliphatic imine (C=N–C) groups is 1. The summed E-state index contributed by atoms with van der Waals surface area (Å²) in [6.07, 6.45) is 8.06. The lowest BCUT2D eigenvalue weighted by Crippen LogP contribution is -2.61. The molecular formula is C46H40N2O11. The van der Waals surface area contributed by atoms with Crippen molar-refractivity contribution in [2.75, 3.05) is 20.3 Å². The van der Waals surface area contributed by atoms with Crippen LogP contribution in [0, 0.1) is 12.0 Å². The van der Waals surface area contributed by atoms with Gasteiger partial charge in [-0.25, -0.2) is 0 Å². The summed E-state index contributed by atoms with van der Waals surface area (Å²) in [5, 5.41) is 36.8. The minimum atomic E-state index is -1.62. The number of rotatable bonds is 3. The van der Waals surface area contributed by atoms with Gasteiger partial charge in [0.05, 0.1) is 48.0 Å². The molecule has 0 unspecified atom stereocenters. The Morgan fingerprint density at radius 2 is 1.88 bits per heavy atom. The number of aromatic hydroxyl groups is 1. The third-order valence-corrected chi connectivity index (χ3v) is 12.4. The number of aliphatic hydroxyl groups excluding tert-OH is 2. The third-order valence-electron chi connectivity index (χ3n) is 12.4. The molecule has 3 aromatic rings. The maximum atomic E-state index is 14.7. The molecule has 0 spiro atoms. The molecule has 10 rings (SSSR count). The van der Waals surface area contributed by atoms with Crippen molar-refractivity contribution in [1.82, 2.24) is 4.90 Å². The fourth-order valence-electron chi connectivity index (χ4n) is 9.43. The van der Waals surface area contributed by atoms with E-state index in [2.05, 4.69) is 17.0 Å². The van der Waals surface area contributed by atoms with Gasteiger partial charge in [0.1, 0.15) is 41.7 Å². The highest BCUT2D eigenvalue weighted by atomic mass is 16.7. The topological polar surface area (TPSA) is 174 Å². The minimum absolute atomic E-state index is 0.00945. The quantitative estimate of drug-likeness (QED) is 0.317. The van der Waals surface area contributed by atoms with Gasteiger partial charge in [-0.1, -0.05) is 43.0 Å². The number of phenolic OH excluding ortho intramolecular Hbond substituents is 1. The largest absolute Gasteiger partial charge is 0.506 e. The fraction of sp³-hybridized carbons (Fsp3) is 0.348. The second kappa shape index (κ2) is 14.7. The van der Waals surface area contributed by atoms with Crippen LogP contribution in [-0.2, 0) is 32.0 Å². The van der Waals surface area contributed by atoms with Crippen molar-refractivity contribution in [2.45, 2.75) is 81.4 Å². The van der Waals surface area contributed by atoms with Gasteiger partial charge in [-0.3, -0.25) is 19.4 Å². The lowest BCUT2D eigenvalue weighted by molar-refractivity contribution is -0.279. The summed E-state index contributed by atoms with van der Waals surface area (Å²) in [6.45, 7) is -0.350. The van der Waals surface area contributed by atoms with Crippen molar-refractivity contribution in [2.24, 2.45) is 4.99 Å². The molecule has 1 amide bonds. The summed E-state index contributed by atoms with van der Waals surface area (Å²) < 4.78 is 31.3. The molecule has 3 aromatic carbocycles. The Morgan fingerprint density at radius 3 is 2.71 bits per heavy atom. The second-order valence-electron chi connectivity index (χ2n) is 15.8. The minimum Gasteiger partial charge on any atom is -0.506 e. The van der Waals surface area contributed by atoms with E-state index in [0.717, 1.165) is 36.8 Å². The SMILES string of the molecule is COc1cc2cc(C3CCCC3)c3c(O)c2c2c1C=C[C@H](C1=C4C(=O)C=CC=C4N=C1)OC[C@@H]1O[C@H](O2)[C@H](O)[C@@H](OC#CCc2cccc4c2CN(CC3=O)C4=O)[C@@H]1O. The molecule has 59 heavy (non-hydrogen) atoms. The molecule has 1 saturated carbocycles. The average Bonchev–Trinajstić information content (AvgIpc) is 3.99. The number of nitrogens with zero attached hydrogens (tertiary/aromatic N) is 2. The number of ketones is 2. The lowest BCUT2D eigenvalue weighted by atomic mass is 9.86. The van der Waals surface area contributed by atoms with Crippen molar-refractivity contribution in [3.8, 4) is 29.3 Å². The molecule has 0 aromatic heterocycles. The Morgan fingerprint density at radius 1 is 1.03 bits per heavy atom. The van der Waals surface area contributed by atoms with E-state index in [9.17, 15) is 29.7 Å². The van der Waals surface area contributed by atoms with E-state index in [4.69, 9.17) is 23.7 Å².